The molecule has 118 valence electrons. The maximum absolute atomic E-state index is 11.9. The molecule has 2 aromatic rings. The van der Waals surface area contributed by atoms with Gasteiger partial charge in [0.05, 0.1) is 19.5 Å². The second kappa shape index (κ2) is 6.69. The van der Waals surface area contributed by atoms with Gasteiger partial charge in [0.25, 0.3) is 0 Å². The van der Waals surface area contributed by atoms with Gasteiger partial charge >= 0.3 is 0 Å². The first-order valence-electron chi connectivity index (χ1n) is 7.55. The molecule has 8 nitrogen and oxygen atoms in total. The van der Waals surface area contributed by atoms with E-state index in [2.05, 4.69) is 25.2 Å². The molecule has 0 atom stereocenters. The Kier molecular flexibility index (Phi) is 4.47. The van der Waals surface area contributed by atoms with Crippen molar-refractivity contribution in [1.29, 1.82) is 0 Å². The van der Waals surface area contributed by atoms with Gasteiger partial charge in [-0.3, -0.25) is 4.79 Å². The Bertz CT molecular complexity index is 650. The summed E-state index contributed by atoms with van der Waals surface area (Å²) >= 11 is 0. The number of fused-ring (bicyclic) bond motifs is 1. The predicted octanol–water partition coefficient (Wildman–Crippen LogP) is 0.189. The van der Waals surface area contributed by atoms with E-state index in [0.717, 1.165) is 30.8 Å². The molecule has 1 amide bonds. The fraction of sp³-hybridized carbons (Fsp3) is 0.571. The normalized spacial score (nSPS) is 15.2. The van der Waals surface area contributed by atoms with Gasteiger partial charge in [-0.1, -0.05) is 6.92 Å². The topological polar surface area (TPSA) is 85.2 Å². The molecule has 0 radical (unpaired) electrons. The van der Waals surface area contributed by atoms with Gasteiger partial charge in [0.15, 0.2) is 17.0 Å². The molecule has 3 rings (SSSR count). The zero-order valence-corrected chi connectivity index (χ0v) is 12.7. The zero-order chi connectivity index (χ0) is 15.4. The molecule has 2 aromatic heterocycles. The van der Waals surface area contributed by atoms with Crippen LogP contribution in [0.3, 0.4) is 0 Å². The number of aromatic nitrogens is 4. The third-order valence-electron chi connectivity index (χ3n) is 3.58. The lowest BCUT2D eigenvalue weighted by molar-refractivity contribution is -0.121. The summed E-state index contributed by atoms with van der Waals surface area (Å²) < 4.78 is 7.12. The first-order valence-corrected chi connectivity index (χ1v) is 7.55. The molecule has 0 spiro atoms. The fourth-order valence-electron chi connectivity index (χ4n) is 2.47. The van der Waals surface area contributed by atoms with Crippen molar-refractivity contribution in [2.75, 3.05) is 37.7 Å². The first-order chi connectivity index (χ1) is 10.8. The number of rotatable bonds is 5. The Labute approximate surface area is 128 Å². The van der Waals surface area contributed by atoms with Crippen LogP contribution in [0.1, 0.15) is 13.3 Å². The number of morpholine rings is 1. The number of hydrogen-bond donors (Lipinski definition) is 1. The minimum absolute atomic E-state index is 0.0346. The van der Waals surface area contributed by atoms with E-state index in [9.17, 15) is 4.79 Å². The SMILES string of the molecule is CCCNC(=O)Cn1cnc2c(N3CCOCC3)ncnc21. The number of carbonyl (C=O) groups excluding carboxylic acids is 1. The van der Waals surface area contributed by atoms with Crippen LogP contribution in [0.4, 0.5) is 5.82 Å². The van der Waals surface area contributed by atoms with Gasteiger partial charge in [-0.25, -0.2) is 15.0 Å². The van der Waals surface area contributed by atoms with Crippen molar-refractivity contribution in [2.45, 2.75) is 19.9 Å². The molecule has 0 saturated carbocycles. The van der Waals surface area contributed by atoms with Crippen LogP contribution in [0.5, 0.6) is 0 Å². The Morgan fingerprint density at radius 3 is 2.91 bits per heavy atom. The van der Waals surface area contributed by atoms with Gasteiger partial charge in [-0.2, -0.15) is 0 Å². The molecule has 3 heterocycles. The van der Waals surface area contributed by atoms with E-state index in [4.69, 9.17) is 4.74 Å². The molecule has 1 aliphatic rings. The minimum Gasteiger partial charge on any atom is -0.378 e. The van der Waals surface area contributed by atoms with E-state index in [1.807, 2.05) is 6.92 Å². The Morgan fingerprint density at radius 1 is 1.32 bits per heavy atom. The van der Waals surface area contributed by atoms with E-state index in [1.54, 1.807) is 10.9 Å². The molecule has 1 aliphatic heterocycles. The van der Waals surface area contributed by atoms with Crippen molar-refractivity contribution in [3.05, 3.63) is 12.7 Å². The summed E-state index contributed by atoms with van der Waals surface area (Å²) in [5.74, 6) is 0.772. The quantitative estimate of drug-likeness (QED) is 0.849. The number of anilines is 1. The van der Waals surface area contributed by atoms with Crippen molar-refractivity contribution in [2.24, 2.45) is 0 Å². The Balaban J connectivity index is 1.83. The van der Waals surface area contributed by atoms with Gasteiger partial charge in [-0.15, -0.1) is 0 Å². The molecule has 0 bridgehead atoms. The zero-order valence-electron chi connectivity index (χ0n) is 12.7. The molecule has 1 N–H and O–H groups in total. The molecule has 8 heteroatoms. The number of nitrogens with one attached hydrogen (secondary N) is 1. The van der Waals surface area contributed by atoms with Crippen molar-refractivity contribution in [3.63, 3.8) is 0 Å². The smallest absolute Gasteiger partial charge is 0.240 e. The van der Waals surface area contributed by atoms with Crippen LogP contribution in [-0.4, -0.2) is 58.3 Å². The lowest BCUT2D eigenvalue weighted by Gasteiger charge is -2.27. The second-order valence-corrected chi connectivity index (χ2v) is 5.19. The van der Waals surface area contributed by atoms with E-state index >= 15 is 0 Å². The summed E-state index contributed by atoms with van der Waals surface area (Å²) in [7, 11) is 0. The summed E-state index contributed by atoms with van der Waals surface area (Å²) in [5, 5.41) is 2.86. The van der Waals surface area contributed by atoms with Crippen LogP contribution in [0.2, 0.25) is 0 Å². The Morgan fingerprint density at radius 2 is 2.14 bits per heavy atom. The van der Waals surface area contributed by atoms with Crippen LogP contribution >= 0.6 is 0 Å². The van der Waals surface area contributed by atoms with E-state index in [1.165, 1.54) is 6.33 Å². The molecule has 1 saturated heterocycles. The van der Waals surface area contributed by atoms with Crippen LogP contribution in [0.15, 0.2) is 12.7 Å². The van der Waals surface area contributed by atoms with Crippen LogP contribution < -0.4 is 10.2 Å². The van der Waals surface area contributed by atoms with E-state index in [-0.39, 0.29) is 12.5 Å². The maximum Gasteiger partial charge on any atom is 0.240 e. The number of nitrogens with zero attached hydrogens (tertiary/aromatic N) is 5. The van der Waals surface area contributed by atoms with Crippen LogP contribution in [-0.2, 0) is 16.1 Å². The summed E-state index contributed by atoms with van der Waals surface area (Å²) in [5.41, 5.74) is 1.41. The summed E-state index contributed by atoms with van der Waals surface area (Å²) in [6.45, 7) is 5.87. The number of carbonyl (C=O) groups is 1. The van der Waals surface area contributed by atoms with E-state index < -0.39 is 0 Å². The minimum atomic E-state index is -0.0346. The van der Waals surface area contributed by atoms with Gasteiger partial charge in [0.2, 0.25) is 5.91 Å². The molecule has 22 heavy (non-hydrogen) atoms. The predicted molar refractivity (Wildman–Crippen MR) is 81.7 cm³/mol. The third-order valence-corrected chi connectivity index (χ3v) is 3.58. The van der Waals surface area contributed by atoms with Crippen molar-refractivity contribution in [1.82, 2.24) is 24.8 Å². The maximum atomic E-state index is 11.9. The van der Waals surface area contributed by atoms with Crippen molar-refractivity contribution >= 4 is 22.9 Å². The van der Waals surface area contributed by atoms with Gasteiger partial charge in [-0.05, 0) is 6.42 Å². The largest absolute Gasteiger partial charge is 0.378 e. The average Bonchev–Trinajstić information content (AvgIpc) is 2.97. The second-order valence-electron chi connectivity index (χ2n) is 5.19. The standard InChI is InChI=1S/C14H20N6O2/c1-2-3-15-11(21)8-20-10-18-12-13(16-9-17-14(12)20)19-4-6-22-7-5-19/h9-10H,2-8H2,1H3,(H,15,21). The molecular weight excluding hydrogens is 284 g/mol. The van der Waals surface area contributed by atoms with Crippen molar-refractivity contribution in [3.8, 4) is 0 Å². The molecule has 0 aromatic carbocycles. The highest BCUT2D eigenvalue weighted by Gasteiger charge is 2.18. The fourth-order valence-corrected chi connectivity index (χ4v) is 2.47. The lowest BCUT2D eigenvalue weighted by atomic mass is 10.3. The highest BCUT2D eigenvalue weighted by Crippen LogP contribution is 2.22. The number of amides is 1. The summed E-state index contributed by atoms with van der Waals surface area (Å²) in [6, 6.07) is 0. The average molecular weight is 304 g/mol. The summed E-state index contributed by atoms with van der Waals surface area (Å²) in [6.07, 6.45) is 4.09. The number of imidazole rings is 1. The van der Waals surface area contributed by atoms with Crippen LogP contribution in [0, 0.1) is 0 Å². The Hall–Kier alpha value is -2.22. The number of hydrogen-bond acceptors (Lipinski definition) is 6. The lowest BCUT2D eigenvalue weighted by Crippen LogP contribution is -2.37. The number of ether oxygens (including phenoxy) is 1. The summed E-state index contributed by atoms with van der Waals surface area (Å²) in [4.78, 5) is 27.0. The van der Waals surface area contributed by atoms with Gasteiger partial charge in [0, 0.05) is 19.6 Å². The van der Waals surface area contributed by atoms with Gasteiger partial charge < -0.3 is 19.5 Å². The third kappa shape index (κ3) is 3.01. The molecular formula is C14H20N6O2. The molecule has 0 unspecified atom stereocenters. The highest BCUT2D eigenvalue weighted by molar-refractivity contribution is 5.85. The first kappa shape index (κ1) is 14.7. The van der Waals surface area contributed by atoms with Gasteiger partial charge in [0.1, 0.15) is 12.9 Å². The molecule has 0 aliphatic carbocycles. The molecule has 1 fully saturated rings. The van der Waals surface area contributed by atoms with E-state index in [0.29, 0.717) is 25.4 Å². The van der Waals surface area contributed by atoms with Crippen molar-refractivity contribution < 1.29 is 9.53 Å². The van der Waals surface area contributed by atoms with Crippen LogP contribution in [0.25, 0.3) is 11.2 Å². The highest BCUT2D eigenvalue weighted by atomic mass is 16.5. The monoisotopic (exact) mass is 304 g/mol.